The van der Waals surface area contributed by atoms with Gasteiger partial charge in [-0.3, -0.25) is 4.79 Å². The molecule has 1 N–H and O–H groups in total. The number of benzene rings is 3. The molecule has 0 aromatic heterocycles. The highest BCUT2D eigenvalue weighted by atomic mass is 35.5. The number of carbonyl (C=O) groups is 1. The standard InChI is InChI=1S/C21H15ClF3NO2/c22-18-11-8-16(21(23,24)25)12-19(18)26-20(27)13-28-17-9-6-15(7-10-17)14-4-2-1-3-5-14/h1-12H,13H2,(H,26,27). The zero-order valence-electron chi connectivity index (χ0n) is 14.5. The smallest absolute Gasteiger partial charge is 0.416 e. The molecule has 0 aliphatic heterocycles. The molecule has 0 aliphatic carbocycles. The SMILES string of the molecule is O=C(COc1ccc(-c2ccccc2)cc1)Nc1cc(C(F)(F)F)ccc1Cl. The van der Waals surface area contributed by atoms with Gasteiger partial charge >= 0.3 is 6.18 Å². The predicted molar refractivity (Wildman–Crippen MR) is 102 cm³/mol. The summed E-state index contributed by atoms with van der Waals surface area (Å²) in [6, 6.07) is 19.6. The van der Waals surface area contributed by atoms with E-state index in [1.54, 1.807) is 12.1 Å². The van der Waals surface area contributed by atoms with Crippen LogP contribution < -0.4 is 10.1 Å². The lowest BCUT2D eigenvalue weighted by Crippen LogP contribution is -2.20. The lowest BCUT2D eigenvalue weighted by Gasteiger charge is -2.12. The summed E-state index contributed by atoms with van der Waals surface area (Å²) in [5.41, 5.74) is 1.02. The number of ether oxygens (including phenoxy) is 1. The first-order valence-electron chi connectivity index (χ1n) is 8.28. The maximum atomic E-state index is 12.8. The van der Waals surface area contributed by atoms with Crippen molar-refractivity contribution in [2.45, 2.75) is 6.18 Å². The van der Waals surface area contributed by atoms with Crippen LogP contribution in [0.2, 0.25) is 5.02 Å². The van der Waals surface area contributed by atoms with Gasteiger partial charge in [0.15, 0.2) is 6.61 Å². The predicted octanol–water partition coefficient (Wildman–Crippen LogP) is 6.04. The Balaban J connectivity index is 1.60. The molecule has 0 atom stereocenters. The molecular formula is C21H15ClF3NO2. The van der Waals surface area contributed by atoms with E-state index in [1.807, 2.05) is 42.5 Å². The monoisotopic (exact) mass is 405 g/mol. The summed E-state index contributed by atoms with van der Waals surface area (Å²) in [5, 5.41) is 2.34. The van der Waals surface area contributed by atoms with Crippen LogP contribution in [0.3, 0.4) is 0 Å². The molecule has 0 spiro atoms. The van der Waals surface area contributed by atoms with E-state index in [1.165, 1.54) is 0 Å². The summed E-state index contributed by atoms with van der Waals surface area (Å²) >= 11 is 5.86. The molecule has 3 rings (SSSR count). The zero-order chi connectivity index (χ0) is 20.1. The van der Waals surface area contributed by atoms with Crippen molar-refractivity contribution in [1.29, 1.82) is 0 Å². The molecule has 0 bridgehead atoms. The Labute approximate surface area is 164 Å². The largest absolute Gasteiger partial charge is 0.484 e. The summed E-state index contributed by atoms with van der Waals surface area (Å²) in [6.45, 7) is -0.364. The number of nitrogens with one attached hydrogen (secondary N) is 1. The molecule has 3 aromatic rings. The normalized spacial score (nSPS) is 11.1. The van der Waals surface area contributed by atoms with Crippen LogP contribution in [0.5, 0.6) is 5.75 Å². The van der Waals surface area contributed by atoms with Crippen molar-refractivity contribution in [2.75, 3.05) is 11.9 Å². The number of alkyl halides is 3. The Kier molecular flexibility index (Phi) is 5.90. The minimum atomic E-state index is -4.53. The van der Waals surface area contributed by atoms with Crippen molar-refractivity contribution in [3.05, 3.63) is 83.4 Å². The Hall–Kier alpha value is -2.99. The Bertz CT molecular complexity index is 958. The minimum Gasteiger partial charge on any atom is -0.484 e. The van der Waals surface area contributed by atoms with Gasteiger partial charge in [0.05, 0.1) is 16.3 Å². The van der Waals surface area contributed by atoms with Gasteiger partial charge in [0.1, 0.15) is 5.75 Å². The third-order valence-electron chi connectivity index (χ3n) is 3.90. The second kappa shape index (κ2) is 8.35. The highest BCUT2D eigenvalue weighted by Gasteiger charge is 2.31. The van der Waals surface area contributed by atoms with E-state index < -0.39 is 17.6 Å². The van der Waals surface area contributed by atoms with E-state index in [-0.39, 0.29) is 17.3 Å². The fraction of sp³-hybridized carbons (Fsp3) is 0.0952. The summed E-state index contributed by atoms with van der Waals surface area (Å²) in [7, 11) is 0. The van der Waals surface area contributed by atoms with Gasteiger partial charge in [-0.2, -0.15) is 13.2 Å². The van der Waals surface area contributed by atoms with Crippen molar-refractivity contribution in [1.82, 2.24) is 0 Å². The molecule has 0 fully saturated rings. The third kappa shape index (κ3) is 5.04. The fourth-order valence-corrected chi connectivity index (χ4v) is 2.67. The van der Waals surface area contributed by atoms with E-state index in [0.717, 1.165) is 29.3 Å². The van der Waals surface area contributed by atoms with Gasteiger partial charge < -0.3 is 10.1 Å². The first-order chi connectivity index (χ1) is 13.3. The third-order valence-corrected chi connectivity index (χ3v) is 4.23. The second-order valence-electron chi connectivity index (χ2n) is 5.92. The number of hydrogen-bond acceptors (Lipinski definition) is 2. The number of carbonyl (C=O) groups excluding carboxylic acids is 1. The van der Waals surface area contributed by atoms with Crippen LogP contribution in [0, 0.1) is 0 Å². The number of amides is 1. The number of anilines is 1. The Morgan fingerprint density at radius 1 is 0.929 bits per heavy atom. The molecule has 3 aromatic carbocycles. The molecule has 1 amide bonds. The lowest BCUT2D eigenvalue weighted by molar-refractivity contribution is -0.137. The molecule has 0 saturated heterocycles. The summed E-state index contributed by atoms with van der Waals surface area (Å²) in [4.78, 5) is 12.0. The molecule has 0 radical (unpaired) electrons. The molecule has 3 nitrogen and oxygen atoms in total. The van der Waals surface area contributed by atoms with Crippen LogP contribution in [0.15, 0.2) is 72.8 Å². The highest BCUT2D eigenvalue weighted by molar-refractivity contribution is 6.33. The van der Waals surface area contributed by atoms with Crippen LogP contribution in [-0.2, 0) is 11.0 Å². The summed E-state index contributed by atoms with van der Waals surface area (Å²) in [5.74, 6) is -0.154. The van der Waals surface area contributed by atoms with E-state index in [0.29, 0.717) is 5.75 Å². The van der Waals surface area contributed by atoms with Gasteiger partial charge in [-0.25, -0.2) is 0 Å². The van der Waals surface area contributed by atoms with Crippen molar-refractivity contribution < 1.29 is 22.7 Å². The molecule has 0 aliphatic rings. The van der Waals surface area contributed by atoms with Crippen LogP contribution in [0.4, 0.5) is 18.9 Å². The molecule has 0 unspecified atom stereocenters. The van der Waals surface area contributed by atoms with E-state index in [9.17, 15) is 18.0 Å². The molecule has 28 heavy (non-hydrogen) atoms. The Morgan fingerprint density at radius 2 is 1.57 bits per heavy atom. The lowest BCUT2D eigenvalue weighted by atomic mass is 10.1. The summed E-state index contributed by atoms with van der Waals surface area (Å²) in [6.07, 6.45) is -4.53. The fourth-order valence-electron chi connectivity index (χ4n) is 2.51. The number of rotatable bonds is 5. The van der Waals surface area contributed by atoms with Crippen LogP contribution >= 0.6 is 11.6 Å². The summed E-state index contributed by atoms with van der Waals surface area (Å²) < 4.78 is 43.7. The minimum absolute atomic E-state index is 0.00793. The Morgan fingerprint density at radius 3 is 2.21 bits per heavy atom. The average molecular weight is 406 g/mol. The average Bonchev–Trinajstić information content (AvgIpc) is 2.68. The van der Waals surface area contributed by atoms with Crippen molar-refractivity contribution in [2.24, 2.45) is 0 Å². The molecular weight excluding hydrogens is 391 g/mol. The van der Waals surface area contributed by atoms with E-state index in [2.05, 4.69) is 5.32 Å². The van der Waals surface area contributed by atoms with Gasteiger partial charge in [0.2, 0.25) is 0 Å². The maximum Gasteiger partial charge on any atom is 0.416 e. The van der Waals surface area contributed by atoms with Crippen molar-refractivity contribution in [3.63, 3.8) is 0 Å². The van der Waals surface area contributed by atoms with E-state index >= 15 is 0 Å². The molecule has 0 heterocycles. The molecule has 7 heteroatoms. The number of halogens is 4. The second-order valence-corrected chi connectivity index (χ2v) is 6.33. The zero-order valence-corrected chi connectivity index (χ0v) is 15.2. The van der Waals surface area contributed by atoms with E-state index in [4.69, 9.17) is 16.3 Å². The maximum absolute atomic E-state index is 12.8. The van der Waals surface area contributed by atoms with Crippen LogP contribution in [-0.4, -0.2) is 12.5 Å². The quantitative estimate of drug-likeness (QED) is 0.561. The molecule has 144 valence electrons. The molecule has 0 saturated carbocycles. The van der Waals surface area contributed by atoms with Crippen LogP contribution in [0.25, 0.3) is 11.1 Å². The first-order valence-corrected chi connectivity index (χ1v) is 8.65. The van der Waals surface area contributed by atoms with Gasteiger partial charge in [0, 0.05) is 0 Å². The van der Waals surface area contributed by atoms with Crippen LogP contribution in [0.1, 0.15) is 5.56 Å². The van der Waals surface area contributed by atoms with Crippen molar-refractivity contribution in [3.8, 4) is 16.9 Å². The first kappa shape index (κ1) is 19.8. The van der Waals surface area contributed by atoms with Gasteiger partial charge in [0.25, 0.3) is 5.91 Å². The van der Waals surface area contributed by atoms with Gasteiger partial charge in [-0.1, -0.05) is 54.1 Å². The number of hydrogen-bond donors (Lipinski definition) is 1. The topological polar surface area (TPSA) is 38.3 Å². The van der Waals surface area contributed by atoms with Gasteiger partial charge in [-0.15, -0.1) is 0 Å². The van der Waals surface area contributed by atoms with Crippen molar-refractivity contribution >= 4 is 23.2 Å². The highest BCUT2D eigenvalue weighted by Crippen LogP contribution is 2.33. The van der Waals surface area contributed by atoms with Gasteiger partial charge in [-0.05, 0) is 41.5 Å².